The highest BCUT2D eigenvalue weighted by Gasteiger charge is 2.55. The Balaban J connectivity index is 1.81. The zero-order valence-electron chi connectivity index (χ0n) is 27.2. The molecule has 3 aromatic rings. The summed E-state index contributed by atoms with van der Waals surface area (Å²) in [4.78, 5) is 38.6. The quantitative estimate of drug-likeness (QED) is 0.0919. The van der Waals surface area contributed by atoms with Gasteiger partial charge in [-0.2, -0.15) is 9.97 Å². The summed E-state index contributed by atoms with van der Waals surface area (Å²) < 4.78 is 15.6. The summed E-state index contributed by atoms with van der Waals surface area (Å²) in [6.45, 7) is 19.7. The summed E-state index contributed by atoms with van der Waals surface area (Å²) in [5.41, 5.74) is 2.28. The van der Waals surface area contributed by atoms with E-state index < -0.39 is 28.0 Å². The summed E-state index contributed by atoms with van der Waals surface area (Å²) in [6.07, 6.45) is 1.97. The molecule has 14 heteroatoms. The lowest BCUT2D eigenvalue weighted by Gasteiger charge is -2.43. The number of aromatic nitrogens is 4. The number of hydrogen-bond acceptors (Lipinski definition) is 9. The number of fused-ring (bicyclic) bond motifs is 1. The molecule has 3 heterocycles. The van der Waals surface area contributed by atoms with Gasteiger partial charge in [0.15, 0.2) is 33.6 Å². The van der Waals surface area contributed by atoms with Gasteiger partial charge in [0, 0.05) is 16.0 Å². The van der Waals surface area contributed by atoms with Crippen LogP contribution in [-0.4, -0.2) is 65.4 Å². The van der Waals surface area contributed by atoms with Gasteiger partial charge in [0.1, 0.15) is 5.25 Å². The minimum absolute atomic E-state index is 0.0681. The van der Waals surface area contributed by atoms with E-state index >= 15 is 0 Å². The van der Waals surface area contributed by atoms with Crippen LogP contribution in [0.4, 0.5) is 5.82 Å². The first-order valence-corrected chi connectivity index (χ1v) is 23.0. The van der Waals surface area contributed by atoms with Gasteiger partial charge in [-0.25, -0.2) is 4.98 Å². The van der Waals surface area contributed by atoms with Crippen LogP contribution >= 0.6 is 46.0 Å². The van der Waals surface area contributed by atoms with E-state index in [1.165, 1.54) is 18.9 Å². The van der Waals surface area contributed by atoms with Gasteiger partial charge >= 0.3 is 5.97 Å². The van der Waals surface area contributed by atoms with Crippen molar-refractivity contribution in [1.82, 2.24) is 19.5 Å². The SMILES string of the molecule is COC(=O)C1SC(n2cnc3c(NCc4cccc(I)c4)nc(Cl)nc32)C(CC(C)(C)[Si](C)(C)O)C1O[Si](C)(C)C(C)(C)C. The van der Waals surface area contributed by atoms with Crippen LogP contribution in [0.2, 0.25) is 41.5 Å². The first-order valence-electron chi connectivity index (χ1n) is 14.8. The number of esters is 1. The van der Waals surface area contributed by atoms with Gasteiger partial charge in [0.2, 0.25) is 5.28 Å². The number of halogens is 2. The average Bonchev–Trinajstić information content (AvgIpc) is 3.46. The number of hydrogen-bond donors (Lipinski definition) is 2. The first kappa shape index (κ1) is 35.6. The normalized spacial score (nSPS) is 21.6. The van der Waals surface area contributed by atoms with Crippen molar-refractivity contribution < 1.29 is 18.8 Å². The number of nitrogens with zero attached hydrogens (tertiary/aromatic N) is 4. The molecule has 0 amide bonds. The third-order valence-electron chi connectivity index (χ3n) is 9.46. The molecule has 44 heavy (non-hydrogen) atoms. The summed E-state index contributed by atoms with van der Waals surface area (Å²) in [7, 11) is -3.52. The van der Waals surface area contributed by atoms with E-state index in [9.17, 15) is 9.59 Å². The molecule has 0 saturated carbocycles. The number of nitrogens with one attached hydrogen (secondary N) is 1. The standard InChI is InChI=1S/C30H45ClIN5O4SSi2/c1-29(2,3)44(9,10)41-22-20(15-30(4,5)43(7,8)39)26(42-23(22)27(38)40-6)37-17-34-21-24(35-28(31)36-25(21)37)33-16-18-12-11-13-19(32)14-18/h11-14,17,20,22-23,26,39H,15-16H2,1-10H3,(H,33,35,36). The Kier molecular flexibility index (Phi) is 10.6. The van der Waals surface area contributed by atoms with Crippen LogP contribution in [0, 0.1) is 9.49 Å². The summed E-state index contributed by atoms with van der Waals surface area (Å²) in [5, 5.41) is 2.22. The maximum atomic E-state index is 13.4. The molecule has 1 aliphatic heterocycles. The van der Waals surface area contributed by atoms with E-state index in [2.05, 4.69) is 97.7 Å². The van der Waals surface area contributed by atoms with Gasteiger partial charge in [-0.1, -0.05) is 46.8 Å². The van der Waals surface area contributed by atoms with Crippen molar-refractivity contribution in [2.45, 2.75) is 101 Å². The van der Waals surface area contributed by atoms with E-state index in [0.717, 1.165) is 9.13 Å². The zero-order valence-corrected chi connectivity index (χ0v) is 33.0. The van der Waals surface area contributed by atoms with Crippen LogP contribution in [-0.2, 0) is 20.5 Å². The number of carbonyl (C=O) groups excluding carboxylic acids is 1. The molecule has 4 atom stereocenters. The maximum Gasteiger partial charge on any atom is 0.321 e. The Morgan fingerprint density at radius 3 is 2.45 bits per heavy atom. The molecule has 1 fully saturated rings. The van der Waals surface area contributed by atoms with Crippen molar-refractivity contribution in [2.75, 3.05) is 12.4 Å². The number of imidazole rings is 1. The minimum Gasteiger partial charge on any atom is -0.468 e. The molecule has 242 valence electrons. The first-order chi connectivity index (χ1) is 20.3. The van der Waals surface area contributed by atoms with Crippen LogP contribution in [0.5, 0.6) is 0 Å². The van der Waals surface area contributed by atoms with E-state index in [0.29, 0.717) is 29.9 Å². The van der Waals surface area contributed by atoms with Crippen molar-refractivity contribution in [1.29, 1.82) is 0 Å². The van der Waals surface area contributed by atoms with E-state index in [4.69, 9.17) is 25.7 Å². The predicted molar refractivity (Wildman–Crippen MR) is 193 cm³/mol. The zero-order chi connectivity index (χ0) is 32.8. The molecule has 0 bridgehead atoms. The lowest BCUT2D eigenvalue weighted by Crippen LogP contribution is -2.50. The van der Waals surface area contributed by atoms with E-state index in [1.54, 1.807) is 6.33 Å². The number of carbonyl (C=O) groups is 1. The van der Waals surface area contributed by atoms with E-state index in [1.807, 2.05) is 29.8 Å². The number of ether oxygens (including phenoxy) is 1. The largest absolute Gasteiger partial charge is 0.468 e. The molecule has 1 aromatic carbocycles. The Morgan fingerprint density at radius 1 is 1.18 bits per heavy atom. The molecule has 1 aliphatic rings. The maximum absolute atomic E-state index is 13.4. The molecule has 2 N–H and O–H groups in total. The second kappa shape index (κ2) is 13.1. The molecule has 0 spiro atoms. The third-order valence-corrected chi connectivity index (χ3v) is 19.9. The summed E-state index contributed by atoms with van der Waals surface area (Å²) in [5.74, 6) is 0.0718. The Morgan fingerprint density at radius 2 is 1.86 bits per heavy atom. The highest BCUT2D eigenvalue weighted by molar-refractivity contribution is 14.1. The number of thioether (sulfide) groups is 1. The number of methoxy groups -OCH3 is 1. The fraction of sp³-hybridized carbons (Fsp3) is 0.600. The molecule has 2 aromatic heterocycles. The van der Waals surface area contributed by atoms with Crippen LogP contribution < -0.4 is 5.32 Å². The van der Waals surface area contributed by atoms with Gasteiger partial charge in [-0.05, 0) is 94.6 Å². The van der Waals surface area contributed by atoms with Crippen molar-refractivity contribution in [3.63, 3.8) is 0 Å². The molecule has 0 radical (unpaired) electrons. The smallest absolute Gasteiger partial charge is 0.321 e. The fourth-order valence-corrected chi connectivity index (χ4v) is 9.66. The number of anilines is 1. The molecule has 1 saturated heterocycles. The highest BCUT2D eigenvalue weighted by atomic mass is 127. The van der Waals surface area contributed by atoms with Crippen molar-refractivity contribution in [2.24, 2.45) is 5.92 Å². The van der Waals surface area contributed by atoms with Crippen LogP contribution in [0.1, 0.15) is 52.0 Å². The molecular formula is C30H45ClIN5O4SSi2. The Hall–Kier alpha value is -1.24. The van der Waals surface area contributed by atoms with Crippen LogP contribution in [0.25, 0.3) is 11.2 Å². The van der Waals surface area contributed by atoms with Crippen LogP contribution in [0.15, 0.2) is 30.6 Å². The lowest BCUT2D eigenvalue weighted by molar-refractivity contribution is -0.142. The number of benzene rings is 1. The molecular weight excluding hydrogens is 745 g/mol. The average molecular weight is 790 g/mol. The molecule has 0 aliphatic carbocycles. The molecule has 4 rings (SSSR count). The highest BCUT2D eigenvalue weighted by Crippen LogP contribution is 2.57. The lowest BCUT2D eigenvalue weighted by atomic mass is 9.89. The van der Waals surface area contributed by atoms with Crippen molar-refractivity contribution in [3.8, 4) is 0 Å². The second-order valence-electron chi connectivity index (χ2n) is 14.3. The summed E-state index contributed by atoms with van der Waals surface area (Å²) >= 11 is 10.3. The van der Waals surface area contributed by atoms with Gasteiger partial charge in [0.05, 0.1) is 24.9 Å². The fourth-order valence-electron chi connectivity index (χ4n) is 5.05. The molecule has 9 nitrogen and oxygen atoms in total. The van der Waals surface area contributed by atoms with Crippen molar-refractivity contribution >= 4 is 85.5 Å². The minimum atomic E-state index is -2.62. The number of rotatable bonds is 10. The van der Waals surface area contributed by atoms with Gasteiger partial charge in [-0.15, -0.1) is 11.8 Å². The Labute approximate surface area is 286 Å². The topological polar surface area (TPSA) is 111 Å². The van der Waals surface area contributed by atoms with Crippen LogP contribution in [0.3, 0.4) is 0 Å². The van der Waals surface area contributed by atoms with Gasteiger partial charge in [-0.3, -0.25) is 4.79 Å². The second-order valence-corrected chi connectivity index (χ2v) is 26.3. The summed E-state index contributed by atoms with van der Waals surface area (Å²) in [6, 6.07) is 8.23. The third kappa shape index (κ3) is 7.49. The predicted octanol–water partition coefficient (Wildman–Crippen LogP) is 7.86. The Bertz CT molecular complexity index is 1510. The van der Waals surface area contributed by atoms with Gasteiger partial charge < -0.3 is 23.8 Å². The van der Waals surface area contributed by atoms with Crippen molar-refractivity contribution in [3.05, 3.63) is 45.0 Å². The monoisotopic (exact) mass is 789 g/mol. The van der Waals surface area contributed by atoms with E-state index in [-0.39, 0.29) is 32.6 Å². The molecule has 4 unspecified atom stereocenters. The van der Waals surface area contributed by atoms with Gasteiger partial charge in [0.25, 0.3) is 0 Å².